The number of anilines is 1. The van der Waals surface area contributed by atoms with Crippen LogP contribution in [0, 0.1) is 18.8 Å². The predicted molar refractivity (Wildman–Crippen MR) is 112 cm³/mol. The first kappa shape index (κ1) is 18.7. The van der Waals surface area contributed by atoms with E-state index in [1.54, 1.807) is 0 Å². The largest absolute Gasteiger partial charge is 0.381 e. The number of carbonyl (C=O) groups is 2. The zero-order valence-electron chi connectivity index (χ0n) is 16.6. The van der Waals surface area contributed by atoms with E-state index in [0.29, 0.717) is 6.42 Å². The molecule has 3 aliphatic rings. The molecule has 2 heterocycles. The minimum atomic E-state index is -0.322. The van der Waals surface area contributed by atoms with Crippen LogP contribution in [-0.4, -0.2) is 17.9 Å². The van der Waals surface area contributed by atoms with E-state index >= 15 is 0 Å². The maximum Gasteiger partial charge on any atom is 0.231 e. The molecule has 0 saturated carbocycles. The molecular formula is C24H28N2O2. The number of rotatable bonds is 5. The summed E-state index contributed by atoms with van der Waals surface area (Å²) in [5, 5.41) is 6.27. The van der Waals surface area contributed by atoms with Gasteiger partial charge < -0.3 is 5.32 Å². The first-order valence-corrected chi connectivity index (χ1v) is 10.3. The number of fused-ring (bicyclic) bond motifs is 1. The SMILES string of the molecule is CCCC1Nc2ccc(C)cc2C1[C@H]1C(=O)NC(=O)C1CC1=CC=CC=CC1. The molecule has 4 rings (SSSR count). The van der Waals surface area contributed by atoms with Gasteiger partial charge in [-0.05, 0) is 37.8 Å². The second kappa shape index (κ2) is 7.78. The van der Waals surface area contributed by atoms with Crippen LogP contribution >= 0.6 is 0 Å². The molecular weight excluding hydrogens is 348 g/mol. The smallest absolute Gasteiger partial charge is 0.231 e. The Morgan fingerprint density at radius 1 is 1.07 bits per heavy atom. The Morgan fingerprint density at radius 3 is 2.75 bits per heavy atom. The van der Waals surface area contributed by atoms with Crippen LogP contribution < -0.4 is 10.6 Å². The maximum absolute atomic E-state index is 12.9. The Morgan fingerprint density at radius 2 is 1.93 bits per heavy atom. The predicted octanol–water partition coefficient (Wildman–Crippen LogP) is 4.39. The molecule has 0 bridgehead atoms. The third kappa shape index (κ3) is 3.44. The van der Waals surface area contributed by atoms with Crippen molar-refractivity contribution in [2.75, 3.05) is 5.32 Å². The lowest BCUT2D eigenvalue weighted by molar-refractivity contribution is -0.126. The van der Waals surface area contributed by atoms with E-state index in [0.717, 1.165) is 24.9 Å². The molecule has 1 aliphatic carbocycles. The molecule has 28 heavy (non-hydrogen) atoms. The van der Waals surface area contributed by atoms with E-state index in [1.807, 2.05) is 18.2 Å². The van der Waals surface area contributed by atoms with Crippen LogP contribution in [-0.2, 0) is 9.59 Å². The molecule has 4 heteroatoms. The van der Waals surface area contributed by atoms with Crippen molar-refractivity contribution in [1.29, 1.82) is 0 Å². The van der Waals surface area contributed by atoms with Crippen molar-refractivity contribution in [3.8, 4) is 0 Å². The Bertz CT molecular complexity index is 881. The fourth-order valence-corrected chi connectivity index (χ4v) is 4.93. The monoisotopic (exact) mass is 376 g/mol. The summed E-state index contributed by atoms with van der Waals surface area (Å²) in [6.45, 7) is 4.25. The fourth-order valence-electron chi connectivity index (χ4n) is 4.93. The van der Waals surface area contributed by atoms with Crippen molar-refractivity contribution in [3.05, 3.63) is 65.3 Å². The van der Waals surface area contributed by atoms with Crippen LogP contribution in [0.1, 0.15) is 49.7 Å². The van der Waals surface area contributed by atoms with Crippen LogP contribution in [0.5, 0.6) is 0 Å². The summed E-state index contributed by atoms with van der Waals surface area (Å²) in [6, 6.07) is 6.59. The third-order valence-electron chi connectivity index (χ3n) is 6.20. The highest BCUT2D eigenvalue weighted by molar-refractivity contribution is 6.06. The first-order chi connectivity index (χ1) is 13.6. The van der Waals surface area contributed by atoms with E-state index in [9.17, 15) is 9.59 Å². The number of benzene rings is 1. The Balaban J connectivity index is 1.69. The molecule has 2 N–H and O–H groups in total. The molecule has 1 aromatic rings. The van der Waals surface area contributed by atoms with Crippen molar-refractivity contribution in [2.24, 2.45) is 11.8 Å². The lowest BCUT2D eigenvalue weighted by Gasteiger charge is -2.28. The Hall–Kier alpha value is -2.62. The van der Waals surface area contributed by atoms with Gasteiger partial charge in [0.15, 0.2) is 0 Å². The van der Waals surface area contributed by atoms with Crippen molar-refractivity contribution in [2.45, 2.75) is 51.5 Å². The van der Waals surface area contributed by atoms with Gasteiger partial charge in [0.25, 0.3) is 0 Å². The minimum Gasteiger partial charge on any atom is -0.381 e. The highest BCUT2D eigenvalue weighted by Crippen LogP contribution is 2.47. The number of hydrogen-bond donors (Lipinski definition) is 2. The molecule has 4 nitrogen and oxygen atoms in total. The summed E-state index contributed by atoms with van der Waals surface area (Å²) in [4.78, 5) is 25.7. The zero-order valence-corrected chi connectivity index (χ0v) is 16.6. The number of carbonyl (C=O) groups excluding carboxylic acids is 2. The van der Waals surface area contributed by atoms with E-state index in [-0.39, 0.29) is 35.6 Å². The summed E-state index contributed by atoms with van der Waals surface area (Å²) in [5.41, 5.74) is 4.69. The molecule has 1 aromatic carbocycles. The molecule has 0 radical (unpaired) electrons. The topological polar surface area (TPSA) is 58.2 Å². The summed E-state index contributed by atoms with van der Waals surface area (Å²) in [5.74, 6) is -0.834. The van der Waals surface area contributed by atoms with E-state index in [4.69, 9.17) is 0 Å². The quantitative estimate of drug-likeness (QED) is 0.749. The standard InChI is InChI=1S/C24H28N2O2/c1-3-8-20-21(17-13-15(2)11-12-19(17)25-20)22-18(23(27)26-24(22)28)14-16-9-6-4-5-7-10-16/h4-7,9,11-13,18,20-22,25H,3,8,10,14H2,1-2H3,(H,26,27,28)/t18?,20?,21?,22-/m0/s1. The molecule has 1 fully saturated rings. The average Bonchev–Trinajstić information content (AvgIpc) is 2.99. The summed E-state index contributed by atoms with van der Waals surface area (Å²) in [6.07, 6.45) is 13.7. The fraction of sp³-hybridized carbons (Fsp3) is 0.417. The third-order valence-corrected chi connectivity index (χ3v) is 6.20. The number of nitrogens with one attached hydrogen (secondary N) is 2. The lowest BCUT2D eigenvalue weighted by atomic mass is 9.73. The number of hydrogen-bond acceptors (Lipinski definition) is 3. The number of allylic oxidation sites excluding steroid dienone is 6. The molecule has 1 saturated heterocycles. The lowest BCUT2D eigenvalue weighted by Crippen LogP contribution is -2.33. The van der Waals surface area contributed by atoms with Crippen molar-refractivity contribution < 1.29 is 9.59 Å². The van der Waals surface area contributed by atoms with Crippen molar-refractivity contribution in [3.63, 3.8) is 0 Å². The van der Waals surface area contributed by atoms with Crippen molar-refractivity contribution >= 4 is 17.5 Å². The summed E-state index contributed by atoms with van der Waals surface area (Å²) < 4.78 is 0. The first-order valence-electron chi connectivity index (χ1n) is 10.3. The van der Waals surface area contributed by atoms with Crippen LogP contribution in [0.3, 0.4) is 0 Å². The zero-order chi connectivity index (χ0) is 19.7. The second-order valence-electron chi connectivity index (χ2n) is 8.19. The molecule has 2 aliphatic heterocycles. The molecule has 146 valence electrons. The number of imide groups is 1. The number of aryl methyl sites for hydroxylation is 1. The van der Waals surface area contributed by atoms with E-state index in [2.05, 4.69) is 54.8 Å². The number of amides is 2. The molecule has 4 atom stereocenters. The van der Waals surface area contributed by atoms with E-state index in [1.165, 1.54) is 16.7 Å². The van der Waals surface area contributed by atoms with Gasteiger partial charge in [0.1, 0.15) is 0 Å². The van der Waals surface area contributed by atoms with Gasteiger partial charge in [-0.3, -0.25) is 14.9 Å². The van der Waals surface area contributed by atoms with Gasteiger partial charge in [0.05, 0.1) is 11.8 Å². The van der Waals surface area contributed by atoms with Gasteiger partial charge >= 0.3 is 0 Å². The summed E-state index contributed by atoms with van der Waals surface area (Å²) in [7, 11) is 0. The Kier molecular flexibility index (Phi) is 5.21. The molecule has 0 spiro atoms. The van der Waals surface area contributed by atoms with Crippen molar-refractivity contribution in [1.82, 2.24) is 5.32 Å². The minimum absolute atomic E-state index is 0.0313. The Labute approximate surface area is 166 Å². The van der Waals surface area contributed by atoms with Crippen LogP contribution in [0.4, 0.5) is 5.69 Å². The molecule has 0 aromatic heterocycles. The van der Waals surface area contributed by atoms with Gasteiger partial charge in [0, 0.05) is 17.6 Å². The molecule has 3 unspecified atom stereocenters. The van der Waals surface area contributed by atoms with Gasteiger partial charge in [-0.1, -0.05) is 67.0 Å². The highest BCUT2D eigenvalue weighted by Gasteiger charge is 2.50. The van der Waals surface area contributed by atoms with E-state index < -0.39 is 0 Å². The summed E-state index contributed by atoms with van der Waals surface area (Å²) >= 11 is 0. The van der Waals surface area contributed by atoms with Gasteiger partial charge in [-0.2, -0.15) is 0 Å². The second-order valence-corrected chi connectivity index (χ2v) is 8.19. The van der Waals surface area contributed by atoms with Crippen LogP contribution in [0.15, 0.2) is 54.2 Å². The van der Waals surface area contributed by atoms with Crippen LogP contribution in [0.2, 0.25) is 0 Å². The van der Waals surface area contributed by atoms with Gasteiger partial charge in [0.2, 0.25) is 11.8 Å². The molecule has 2 amide bonds. The van der Waals surface area contributed by atoms with Gasteiger partial charge in [-0.25, -0.2) is 0 Å². The van der Waals surface area contributed by atoms with Gasteiger partial charge in [-0.15, -0.1) is 0 Å². The normalized spacial score (nSPS) is 28.6. The maximum atomic E-state index is 12.9. The van der Waals surface area contributed by atoms with Crippen LogP contribution in [0.25, 0.3) is 0 Å². The average molecular weight is 377 g/mol. The highest BCUT2D eigenvalue weighted by atomic mass is 16.2.